The van der Waals surface area contributed by atoms with Gasteiger partial charge in [-0.15, -0.1) is 5.10 Å². The summed E-state index contributed by atoms with van der Waals surface area (Å²) in [7, 11) is 1.76. The fourth-order valence-electron chi connectivity index (χ4n) is 1.38. The lowest BCUT2D eigenvalue weighted by molar-refractivity contribution is 0.0695. The van der Waals surface area contributed by atoms with Crippen LogP contribution in [0, 0.1) is 0 Å². The largest absolute Gasteiger partial charge is 0.487 e. The molecule has 0 spiro atoms. The first kappa shape index (κ1) is 12.6. The molecule has 1 N–H and O–H groups in total. The average Bonchev–Trinajstić information content (AvgIpc) is 2.74. The summed E-state index contributed by atoms with van der Waals surface area (Å²) in [5.74, 6) is -0.534. The second-order valence-corrected chi connectivity index (χ2v) is 4.47. The minimum atomic E-state index is -1.01. The van der Waals surface area contributed by atoms with E-state index in [0.717, 1.165) is 0 Å². The Hall–Kier alpha value is -1.89. The molecule has 2 rings (SSSR count). The van der Waals surface area contributed by atoms with Gasteiger partial charge < -0.3 is 9.84 Å². The number of hydrogen-bond acceptors (Lipinski definition) is 4. The number of benzene rings is 1. The van der Waals surface area contributed by atoms with Gasteiger partial charge in [0.2, 0.25) is 0 Å². The van der Waals surface area contributed by atoms with Gasteiger partial charge >= 0.3 is 5.97 Å². The molecule has 94 valence electrons. The van der Waals surface area contributed by atoms with Gasteiger partial charge in [0.25, 0.3) is 0 Å². The van der Waals surface area contributed by atoms with Gasteiger partial charge in [0.15, 0.2) is 0 Å². The predicted molar refractivity (Wildman–Crippen MR) is 66.4 cm³/mol. The summed E-state index contributed by atoms with van der Waals surface area (Å²) < 4.78 is 7.54. The molecule has 2 aromatic rings. The first-order valence-electron chi connectivity index (χ1n) is 5.07. The lowest BCUT2D eigenvalue weighted by Crippen LogP contribution is -2.00. The van der Waals surface area contributed by atoms with E-state index >= 15 is 0 Å². The van der Waals surface area contributed by atoms with E-state index in [4.69, 9.17) is 9.84 Å². The molecule has 0 aliphatic heterocycles. The van der Waals surface area contributed by atoms with Gasteiger partial charge in [-0.3, -0.25) is 4.68 Å². The molecule has 0 unspecified atom stereocenters. The van der Waals surface area contributed by atoms with Crippen molar-refractivity contribution in [2.75, 3.05) is 0 Å². The first-order chi connectivity index (χ1) is 8.56. The molecule has 1 heterocycles. The molecule has 0 saturated heterocycles. The van der Waals surface area contributed by atoms with E-state index in [9.17, 15) is 4.79 Å². The average molecular weight is 312 g/mol. The highest BCUT2D eigenvalue weighted by molar-refractivity contribution is 9.10. The maximum absolute atomic E-state index is 10.9. The molecule has 18 heavy (non-hydrogen) atoms. The summed E-state index contributed by atoms with van der Waals surface area (Å²) in [6, 6.07) is 4.78. The molecule has 6 nitrogen and oxygen atoms in total. The second-order valence-electron chi connectivity index (χ2n) is 3.62. The first-order valence-corrected chi connectivity index (χ1v) is 5.86. The predicted octanol–water partition coefficient (Wildman–Crippen LogP) is 1.85. The third-order valence-corrected chi connectivity index (χ3v) is 2.90. The summed E-state index contributed by atoms with van der Waals surface area (Å²) in [4.78, 5) is 10.9. The fourth-order valence-corrected chi connectivity index (χ4v) is 1.79. The van der Waals surface area contributed by atoms with Gasteiger partial charge in [-0.1, -0.05) is 5.21 Å². The monoisotopic (exact) mass is 311 g/mol. The number of aromatic nitrogens is 3. The summed E-state index contributed by atoms with van der Waals surface area (Å²) in [6.45, 7) is 0.245. The number of ether oxygens (including phenoxy) is 1. The zero-order chi connectivity index (χ0) is 13.1. The van der Waals surface area contributed by atoms with Crippen molar-refractivity contribution in [2.45, 2.75) is 6.61 Å². The van der Waals surface area contributed by atoms with E-state index in [1.165, 1.54) is 6.07 Å². The molecule has 0 aliphatic carbocycles. The van der Waals surface area contributed by atoms with Gasteiger partial charge in [0.1, 0.15) is 18.1 Å². The maximum Gasteiger partial charge on any atom is 0.336 e. The van der Waals surface area contributed by atoms with Crippen LogP contribution in [-0.4, -0.2) is 26.1 Å². The van der Waals surface area contributed by atoms with Crippen molar-refractivity contribution in [3.05, 3.63) is 40.1 Å². The molecule has 0 fully saturated rings. The molecule has 1 aromatic carbocycles. The zero-order valence-corrected chi connectivity index (χ0v) is 11.1. The van der Waals surface area contributed by atoms with Crippen LogP contribution >= 0.6 is 15.9 Å². The number of halogens is 1. The standard InChI is InChI=1S/C11H10BrN3O3/c1-15-5-7(13-14-15)6-18-8-2-3-10(12)9(4-8)11(16)17/h2-5H,6H2,1H3,(H,16,17). The van der Waals surface area contributed by atoms with Crippen LogP contribution in [0.4, 0.5) is 0 Å². The Morgan fingerprint density at radius 3 is 2.94 bits per heavy atom. The Bertz CT molecular complexity index is 583. The van der Waals surface area contributed by atoms with Crippen molar-refractivity contribution < 1.29 is 14.6 Å². The van der Waals surface area contributed by atoms with Gasteiger partial charge in [-0.2, -0.15) is 0 Å². The van der Waals surface area contributed by atoms with E-state index in [1.54, 1.807) is 30.1 Å². The fraction of sp³-hybridized carbons (Fsp3) is 0.182. The van der Waals surface area contributed by atoms with Crippen molar-refractivity contribution >= 4 is 21.9 Å². The smallest absolute Gasteiger partial charge is 0.336 e. The third-order valence-electron chi connectivity index (χ3n) is 2.21. The minimum Gasteiger partial charge on any atom is -0.487 e. The zero-order valence-electron chi connectivity index (χ0n) is 9.50. The Kier molecular flexibility index (Phi) is 3.61. The van der Waals surface area contributed by atoms with Crippen LogP contribution in [-0.2, 0) is 13.7 Å². The van der Waals surface area contributed by atoms with Gasteiger partial charge in [0.05, 0.1) is 11.8 Å². The molecule has 0 bridgehead atoms. The van der Waals surface area contributed by atoms with Crippen molar-refractivity contribution in [2.24, 2.45) is 7.05 Å². The maximum atomic E-state index is 10.9. The second kappa shape index (κ2) is 5.18. The number of aryl methyl sites for hydroxylation is 1. The summed E-state index contributed by atoms with van der Waals surface area (Å²) in [6.07, 6.45) is 1.73. The molecule has 0 amide bonds. The number of nitrogens with zero attached hydrogens (tertiary/aromatic N) is 3. The molecule has 0 saturated carbocycles. The highest BCUT2D eigenvalue weighted by atomic mass is 79.9. The van der Waals surface area contributed by atoms with Crippen LogP contribution in [0.2, 0.25) is 0 Å². The van der Waals surface area contributed by atoms with Crippen LogP contribution in [0.1, 0.15) is 16.1 Å². The molecule has 0 aliphatic rings. The van der Waals surface area contributed by atoms with Crippen LogP contribution in [0.3, 0.4) is 0 Å². The van der Waals surface area contributed by atoms with E-state index < -0.39 is 5.97 Å². The summed E-state index contributed by atoms with van der Waals surface area (Å²) in [5, 5.41) is 16.6. The minimum absolute atomic E-state index is 0.159. The van der Waals surface area contributed by atoms with Crippen LogP contribution < -0.4 is 4.74 Å². The lowest BCUT2D eigenvalue weighted by atomic mass is 10.2. The van der Waals surface area contributed by atoms with E-state index in [2.05, 4.69) is 26.2 Å². The van der Waals surface area contributed by atoms with Crippen molar-refractivity contribution in [1.82, 2.24) is 15.0 Å². The van der Waals surface area contributed by atoms with E-state index in [0.29, 0.717) is 15.9 Å². The van der Waals surface area contributed by atoms with Gasteiger partial charge in [-0.25, -0.2) is 4.79 Å². The molecule has 1 aromatic heterocycles. The van der Waals surface area contributed by atoms with Crippen LogP contribution in [0.25, 0.3) is 0 Å². The molecule has 0 radical (unpaired) electrons. The Morgan fingerprint density at radius 1 is 1.56 bits per heavy atom. The number of carbonyl (C=O) groups is 1. The molecular formula is C11H10BrN3O3. The van der Waals surface area contributed by atoms with E-state index in [-0.39, 0.29) is 12.2 Å². The highest BCUT2D eigenvalue weighted by Crippen LogP contribution is 2.23. The third kappa shape index (κ3) is 2.86. The van der Waals surface area contributed by atoms with Crippen LogP contribution in [0.5, 0.6) is 5.75 Å². The SMILES string of the molecule is Cn1cc(COc2ccc(Br)c(C(=O)O)c2)nn1. The molecule has 7 heteroatoms. The summed E-state index contributed by atoms with van der Waals surface area (Å²) in [5.41, 5.74) is 0.837. The number of hydrogen-bond donors (Lipinski definition) is 1. The molecular weight excluding hydrogens is 302 g/mol. The van der Waals surface area contributed by atoms with Gasteiger partial charge in [0, 0.05) is 11.5 Å². The Labute approximate surface area is 111 Å². The Morgan fingerprint density at radius 2 is 2.33 bits per heavy atom. The topological polar surface area (TPSA) is 77.2 Å². The highest BCUT2D eigenvalue weighted by Gasteiger charge is 2.10. The van der Waals surface area contributed by atoms with E-state index in [1.807, 2.05) is 0 Å². The van der Waals surface area contributed by atoms with Crippen LogP contribution in [0.15, 0.2) is 28.9 Å². The number of carboxylic acid groups (broad SMARTS) is 1. The molecule has 0 atom stereocenters. The van der Waals surface area contributed by atoms with Crippen molar-refractivity contribution in [3.63, 3.8) is 0 Å². The number of carboxylic acids is 1. The Balaban J connectivity index is 2.10. The van der Waals surface area contributed by atoms with Crippen molar-refractivity contribution in [1.29, 1.82) is 0 Å². The number of aromatic carboxylic acids is 1. The normalized spacial score (nSPS) is 10.3. The van der Waals surface area contributed by atoms with Gasteiger partial charge in [-0.05, 0) is 34.1 Å². The number of rotatable bonds is 4. The lowest BCUT2D eigenvalue weighted by Gasteiger charge is -2.06. The quantitative estimate of drug-likeness (QED) is 0.932. The van der Waals surface area contributed by atoms with Crippen molar-refractivity contribution in [3.8, 4) is 5.75 Å². The summed E-state index contributed by atoms with van der Waals surface area (Å²) >= 11 is 3.17.